The van der Waals surface area contributed by atoms with E-state index in [0.29, 0.717) is 0 Å². The molecule has 3 nitrogen and oxygen atoms in total. The zero-order chi connectivity index (χ0) is 37.7. The average molecular weight is 729 g/mol. The number of nitrogens with zero attached hydrogens (tertiary/aromatic N) is 2. The zero-order valence-electron chi connectivity index (χ0n) is 31.1. The molecule has 0 N–H and O–H groups in total. The molecule has 0 bridgehead atoms. The van der Waals surface area contributed by atoms with Crippen LogP contribution >= 0.6 is 0 Å². The monoisotopic (exact) mass is 728 g/mol. The summed E-state index contributed by atoms with van der Waals surface area (Å²) in [6.07, 6.45) is 0. The van der Waals surface area contributed by atoms with Gasteiger partial charge in [-0.3, -0.25) is 0 Å². The van der Waals surface area contributed by atoms with Crippen molar-refractivity contribution < 1.29 is 4.74 Å². The van der Waals surface area contributed by atoms with Crippen LogP contribution in [-0.4, -0.2) is 4.57 Å². The van der Waals surface area contributed by atoms with E-state index in [9.17, 15) is 0 Å². The van der Waals surface area contributed by atoms with Crippen LogP contribution in [0.15, 0.2) is 218 Å². The van der Waals surface area contributed by atoms with Crippen LogP contribution in [0.5, 0.6) is 11.5 Å². The lowest BCUT2D eigenvalue weighted by molar-refractivity contribution is 0.488. The lowest BCUT2D eigenvalue weighted by Crippen LogP contribution is -2.10. The van der Waals surface area contributed by atoms with Gasteiger partial charge in [-0.05, 0) is 112 Å². The highest BCUT2D eigenvalue weighted by Gasteiger charge is 2.22. The summed E-state index contributed by atoms with van der Waals surface area (Å²) in [6, 6.07) is 78.1. The third kappa shape index (κ3) is 5.68. The topological polar surface area (TPSA) is 17.4 Å². The van der Waals surface area contributed by atoms with Gasteiger partial charge < -0.3 is 14.2 Å². The predicted molar refractivity (Wildman–Crippen MR) is 237 cm³/mol. The summed E-state index contributed by atoms with van der Waals surface area (Å²) >= 11 is 0. The summed E-state index contributed by atoms with van der Waals surface area (Å²) in [7, 11) is 0. The van der Waals surface area contributed by atoms with Crippen molar-refractivity contribution in [2.24, 2.45) is 0 Å². The number of hydrogen-bond donors (Lipinski definition) is 0. The van der Waals surface area contributed by atoms with Crippen LogP contribution in [0.2, 0.25) is 0 Å². The van der Waals surface area contributed by atoms with Gasteiger partial charge in [0.25, 0.3) is 0 Å². The molecule has 0 aliphatic carbocycles. The summed E-state index contributed by atoms with van der Waals surface area (Å²) in [6.45, 7) is 0. The molecule has 0 atom stereocenters. The molecule has 57 heavy (non-hydrogen) atoms. The number of hydrogen-bond acceptors (Lipinski definition) is 2. The van der Waals surface area contributed by atoms with Gasteiger partial charge in [0, 0.05) is 44.6 Å². The largest absolute Gasteiger partial charge is 0.456 e. The number of ether oxygens (including phenoxy) is 1. The fourth-order valence-electron chi connectivity index (χ4n) is 8.50. The number of para-hydroxylation sites is 4. The van der Waals surface area contributed by atoms with E-state index in [-0.39, 0.29) is 0 Å². The average Bonchev–Trinajstić information content (AvgIpc) is 3.54. The molecule has 1 aliphatic rings. The van der Waals surface area contributed by atoms with Gasteiger partial charge in [0.2, 0.25) is 0 Å². The van der Waals surface area contributed by atoms with Gasteiger partial charge in [-0.15, -0.1) is 0 Å². The Morgan fingerprint density at radius 2 is 0.825 bits per heavy atom. The molecule has 0 amide bonds. The van der Waals surface area contributed by atoms with Crippen LogP contribution in [0.25, 0.3) is 72.0 Å². The molecule has 0 spiro atoms. The van der Waals surface area contributed by atoms with E-state index < -0.39 is 0 Å². The summed E-state index contributed by atoms with van der Waals surface area (Å²) in [5.41, 5.74) is 16.0. The first-order valence-electron chi connectivity index (χ1n) is 19.4. The lowest BCUT2D eigenvalue weighted by Gasteiger charge is -2.26. The van der Waals surface area contributed by atoms with E-state index in [1.807, 2.05) is 18.2 Å². The molecule has 1 aliphatic heterocycles. The van der Waals surface area contributed by atoms with Crippen molar-refractivity contribution >= 4 is 38.9 Å². The first-order valence-corrected chi connectivity index (χ1v) is 19.4. The van der Waals surface area contributed by atoms with Crippen molar-refractivity contribution in [2.45, 2.75) is 0 Å². The van der Waals surface area contributed by atoms with Crippen LogP contribution in [0.4, 0.5) is 17.1 Å². The van der Waals surface area contributed by atoms with E-state index in [1.165, 1.54) is 44.1 Å². The van der Waals surface area contributed by atoms with Gasteiger partial charge in [0.15, 0.2) is 0 Å². The van der Waals surface area contributed by atoms with Crippen molar-refractivity contribution in [3.05, 3.63) is 218 Å². The molecule has 11 rings (SSSR count). The van der Waals surface area contributed by atoms with Gasteiger partial charge in [0.1, 0.15) is 11.5 Å². The molecule has 9 aromatic carbocycles. The van der Waals surface area contributed by atoms with Crippen molar-refractivity contribution in [3.63, 3.8) is 0 Å². The maximum absolute atomic E-state index is 6.46. The maximum Gasteiger partial charge on any atom is 0.135 e. The SMILES string of the molecule is c1ccc(-c2ccc(N(c3ccc(-c4ccc5c(c4)-c4ccccc4Oc4ccccc4-5)cc3)c3ccc4c(c3)c3ccccc3n4-c3ccccc3)cc2)cc1. The Balaban J connectivity index is 1.03. The molecular weight excluding hydrogens is 693 g/mol. The molecule has 1 aromatic heterocycles. The fraction of sp³-hybridized carbons (Fsp3) is 0. The Kier molecular flexibility index (Phi) is 7.82. The molecule has 0 saturated carbocycles. The first-order chi connectivity index (χ1) is 28.3. The summed E-state index contributed by atoms with van der Waals surface area (Å²) < 4.78 is 8.82. The Bertz CT molecular complexity index is 3070. The number of benzene rings is 9. The number of anilines is 3. The summed E-state index contributed by atoms with van der Waals surface area (Å²) in [5.74, 6) is 1.74. The fourth-order valence-corrected chi connectivity index (χ4v) is 8.50. The lowest BCUT2D eigenvalue weighted by atomic mass is 9.91. The van der Waals surface area contributed by atoms with E-state index in [2.05, 4.69) is 210 Å². The smallest absolute Gasteiger partial charge is 0.135 e. The van der Waals surface area contributed by atoms with E-state index in [1.54, 1.807) is 0 Å². The molecule has 0 fully saturated rings. The van der Waals surface area contributed by atoms with Gasteiger partial charge in [0.05, 0.1) is 11.0 Å². The molecule has 3 heteroatoms. The Morgan fingerprint density at radius 3 is 1.53 bits per heavy atom. The second-order valence-electron chi connectivity index (χ2n) is 14.5. The van der Waals surface area contributed by atoms with Gasteiger partial charge in [-0.2, -0.15) is 0 Å². The molecule has 10 aromatic rings. The van der Waals surface area contributed by atoms with Crippen LogP contribution in [0, 0.1) is 0 Å². The van der Waals surface area contributed by atoms with Crippen LogP contribution in [-0.2, 0) is 0 Å². The standard InChI is InChI=1S/C54H36N2O/c1-3-13-37(14-4-1)38-23-28-42(29-24-38)55(44-32-34-52-50(36-44)46-17-7-10-20-51(46)56(52)41-15-5-2-6-16-41)43-30-25-39(26-31-43)40-27-33-45-47-18-8-11-21-53(47)57-54-22-12-9-19-48(54)49(45)35-40/h1-36H. The number of rotatable bonds is 6. The van der Waals surface area contributed by atoms with Gasteiger partial charge in [-0.25, -0.2) is 0 Å². The van der Waals surface area contributed by atoms with Crippen LogP contribution < -0.4 is 9.64 Å². The molecule has 2 heterocycles. The predicted octanol–water partition coefficient (Wildman–Crippen LogP) is 15.0. The molecule has 0 saturated heterocycles. The molecular formula is C54H36N2O. The highest BCUT2D eigenvalue weighted by Crippen LogP contribution is 2.48. The highest BCUT2D eigenvalue weighted by atomic mass is 16.5. The van der Waals surface area contributed by atoms with Crippen molar-refractivity contribution in [1.82, 2.24) is 4.57 Å². The van der Waals surface area contributed by atoms with Crippen LogP contribution in [0.1, 0.15) is 0 Å². The zero-order valence-corrected chi connectivity index (χ0v) is 31.1. The minimum Gasteiger partial charge on any atom is -0.456 e. The Hall–Kier alpha value is -7.62. The first kappa shape index (κ1) is 32.8. The molecule has 0 unspecified atom stereocenters. The van der Waals surface area contributed by atoms with Crippen molar-refractivity contribution in [2.75, 3.05) is 4.90 Å². The highest BCUT2D eigenvalue weighted by molar-refractivity contribution is 6.10. The minimum absolute atomic E-state index is 0.869. The maximum atomic E-state index is 6.46. The second-order valence-corrected chi connectivity index (χ2v) is 14.5. The van der Waals surface area contributed by atoms with Gasteiger partial charge in [-0.1, -0.05) is 140 Å². The van der Waals surface area contributed by atoms with E-state index in [4.69, 9.17) is 4.74 Å². The molecule has 0 radical (unpaired) electrons. The van der Waals surface area contributed by atoms with Crippen molar-refractivity contribution in [3.8, 4) is 61.7 Å². The quantitative estimate of drug-likeness (QED) is 0.170. The normalized spacial score (nSPS) is 11.6. The van der Waals surface area contributed by atoms with Crippen LogP contribution in [0.3, 0.4) is 0 Å². The summed E-state index contributed by atoms with van der Waals surface area (Å²) in [5, 5.41) is 2.44. The third-order valence-electron chi connectivity index (χ3n) is 11.2. The Morgan fingerprint density at radius 1 is 0.316 bits per heavy atom. The summed E-state index contributed by atoms with van der Waals surface area (Å²) in [4.78, 5) is 2.37. The van der Waals surface area contributed by atoms with E-state index in [0.717, 1.165) is 56.5 Å². The number of aromatic nitrogens is 1. The van der Waals surface area contributed by atoms with Crippen molar-refractivity contribution in [1.29, 1.82) is 0 Å². The minimum atomic E-state index is 0.869. The van der Waals surface area contributed by atoms with Gasteiger partial charge >= 0.3 is 0 Å². The van der Waals surface area contributed by atoms with E-state index >= 15 is 0 Å². The number of fused-ring (bicyclic) bond motifs is 8. The second kappa shape index (κ2) is 13.6. The molecule has 268 valence electrons. The third-order valence-corrected chi connectivity index (χ3v) is 11.2. The Labute approximate surface area is 331 Å².